The van der Waals surface area contributed by atoms with Crippen LogP contribution in [-0.4, -0.2) is 4.98 Å². The van der Waals surface area contributed by atoms with Gasteiger partial charge in [-0.15, -0.1) is 0 Å². The molecule has 0 aliphatic heterocycles. The quantitative estimate of drug-likeness (QED) is 0.845. The van der Waals surface area contributed by atoms with E-state index in [2.05, 4.69) is 17.1 Å². The highest BCUT2D eigenvalue weighted by atomic mass is 14.7. The molecule has 1 fully saturated rings. The number of aryl methyl sites for hydroxylation is 2. The molecule has 1 unspecified atom stereocenters. The minimum absolute atomic E-state index is 0.198. The summed E-state index contributed by atoms with van der Waals surface area (Å²) >= 11 is 0. The summed E-state index contributed by atoms with van der Waals surface area (Å²) in [5, 5.41) is 0. The number of aromatic nitrogens is 1. The number of hydrogen-bond donors (Lipinski definition) is 1. The van der Waals surface area contributed by atoms with Crippen LogP contribution in [0.4, 0.5) is 0 Å². The molecule has 0 spiro atoms. The third-order valence-corrected chi connectivity index (χ3v) is 3.59. The second-order valence-corrected chi connectivity index (χ2v) is 5.18. The van der Waals surface area contributed by atoms with E-state index < -0.39 is 0 Å². The summed E-state index contributed by atoms with van der Waals surface area (Å²) in [4.78, 5) is 4.39. The van der Waals surface area contributed by atoms with Crippen LogP contribution >= 0.6 is 0 Å². The molecule has 88 valence electrons. The molecule has 1 aliphatic rings. The highest BCUT2D eigenvalue weighted by Crippen LogP contribution is 2.32. The average Bonchev–Trinajstić information content (AvgIpc) is 2.68. The van der Waals surface area contributed by atoms with Crippen molar-refractivity contribution in [3.8, 4) is 0 Å². The van der Waals surface area contributed by atoms with Crippen molar-refractivity contribution in [1.82, 2.24) is 4.98 Å². The van der Waals surface area contributed by atoms with Crippen LogP contribution in [0.1, 0.15) is 55.1 Å². The summed E-state index contributed by atoms with van der Waals surface area (Å²) in [5.74, 6) is 0.851. The van der Waals surface area contributed by atoms with E-state index in [9.17, 15) is 0 Å². The van der Waals surface area contributed by atoms with E-state index in [4.69, 9.17) is 5.73 Å². The van der Waals surface area contributed by atoms with E-state index in [1.807, 2.05) is 13.8 Å². The molecule has 0 bridgehead atoms. The SMILES string of the molecule is Cc1cc(C(N)CC2CCCC2)cc(C)n1. The first-order chi connectivity index (χ1) is 7.65. The average molecular weight is 218 g/mol. The van der Waals surface area contributed by atoms with Crippen LogP contribution in [0.25, 0.3) is 0 Å². The summed E-state index contributed by atoms with van der Waals surface area (Å²) in [7, 11) is 0. The van der Waals surface area contributed by atoms with Crippen LogP contribution in [-0.2, 0) is 0 Å². The van der Waals surface area contributed by atoms with Crippen molar-refractivity contribution < 1.29 is 0 Å². The highest BCUT2D eigenvalue weighted by Gasteiger charge is 2.19. The standard InChI is InChI=1S/C14H22N2/c1-10-7-13(8-11(2)16-10)14(15)9-12-5-3-4-6-12/h7-8,12,14H,3-6,9,15H2,1-2H3. The Bertz CT molecular complexity index is 334. The van der Waals surface area contributed by atoms with Gasteiger partial charge in [0.25, 0.3) is 0 Å². The van der Waals surface area contributed by atoms with Crippen molar-refractivity contribution in [1.29, 1.82) is 0 Å². The highest BCUT2D eigenvalue weighted by molar-refractivity contribution is 5.23. The van der Waals surface area contributed by atoms with Crippen LogP contribution < -0.4 is 5.73 Å². The third-order valence-electron chi connectivity index (χ3n) is 3.59. The van der Waals surface area contributed by atoms with Crippen molar-refractivity contribution in [3.05, 3.63) is 29.1 Å². The maximum atomic E-state index is 6.28. The fourth-order valence-corrected chi connectivity index (χ4v) is 2.82. The Morgan fingerprint density at radius 1 is 1.25 bits per heavy atom. The molecule has 2 nitrogen and oxygen atoms in total. The summed E-state index contributed by atoms with van der Waals surface area (Å²) in [5.41, 5.74) is 9.71. The van der Waals surface area contributed by atoms with Gasteiger partial charge >= 0.3 is 0 Å². The van der Waals surface area contributed by atoms with Crippen LogP contribution in [0, 0.1) is 19.8 Å². The molecular formula is C14H22N2. The minimum atomic E-state index is 0.198. The van der Waals surface area contributed by atoms with Crippen LogP contribution in [0.5, 0.6) is 0 Å². The first-order valence-electron chi connectivity index (χ1n) is 6.36. The first kappa shape index (κ1) is 11.6. The maximum Gasteiger partial charge on any atom is 0.0379 e. The number of hydrogen-bond acceptors (Lipinski definition) is 2. The lowest BCUT2D eigenvalue weighted by atomic mass is 9.94. The first-order valence-corrected chi connectivity index (χ1v) is 6.36. The predicted molar refractivity (Wildman–Crippen MR) is 67.2 cm³/mol. The molecule has 0 aromatic carbocycles. The smallest absolute Gasteiger partial charge is 0.0379 e. The van der Waals surface area contributed by atoms with Gasteiger partial charge in [-0.05, 0) is 43.9 Å². The lowest BCUT2D eigenvalue weighted by molar-refractivity contribution is 0.450. The zero-order chi connectivity index (χ0) is 11.5. The zero-order valence-corrected chi connectivity index (χ0v) is 10.4. The number of rotatable bonds is 3. The molecule has 2 N–H and O–H groups in total. The van der Waals surface area contributed by atoms with Gasteiger partial charge < -0.3 is 5.73 Å². The van der Waals surface area contributed by atoms with Gasteiger partial charge in [-0.2, -0.15) is 0 Å². The number of nitrogens with two attached hydrogens (primary N) is 1. The molecule has 1 heterocycles. The van der Waals surface area contributed by atoms with Crippen LogP contribution in [0.15, 0.2) is 12.1 Å². The Morgan fingerprint density at radius 3 is 2.38 bits per heavy atom. The van der Waals surface area contributed by atoms with Gasteiger partial charge in [-0.25, -0.2) is 0 Å². The molecule has 16 heavy (non-hydrogen) atoms. The minimum Gasteiger partial charge on any atom is -0.324 e. The fraction of sp³-hybridized carbons (Fsp3) is 0.643. The fourth-order valence-electron chi connectivity index (χ4n) is 2.82. The van der Waals surface area contributed by atoms with E-state index in [-0.39, 0.29) is 6.04 Å². The molecule has 0 amide bonds. The molecule has 1 atom stereocenters. The van der Waals surface area contributed by atoms with E-state index in [0.717, 1.165) is 23.7 Å². The second kappa shape index (κ2) is 4.96. The Kier molecular flexibility index (Phi) is 3.59. The molecule has 1 aromatic rings. The second-order valence-electron chi connectivity index (χ2n) is 5.18. The van der Waals surface area contributed by atoms with E-state index in [0.29, 0.717) is 0 Å². The molecule has 0 radical (unpaired) electrons. The molecule has 1 aliphatic carbocycles. The molecule has 2 rings (SSSR count). The largest absolute Gasteiger partial charge is 0.324 e. The number of pyridine rings is 1. The monoisotopic (exact) mass is 218 g/mol. The Hall–Kier alpha value is -0.890. The number of nitrogens with zero attached hydrogens (tertiary/aromatic N) is 1. The van der Waals surface area contributed by atoms with Gasteiger partial charge in [0.05, 0.1) is 0 Å². The van der Waals surface area contributed by atoms with Gasteiger partial charge in [-0.3, -0.25) is 4.98 Å². The van der Waals surface area contributed by atoms with Crippen LogP contribution in [0.2, 0.25) is 0 Å². The van der Waals surface area contributed by atoms with E-state index in [1.54, 1.807) is 0 Å². The molecular weight excluding hydrogens is 196 g/mol. The maximum absolute atomic E-state index is 6.28. The molecule has 1 aromatic heterocycles. The van der Waals surface area contributed by atoms with Crippen molar-refractivity contribution in [2.24, 2.45) is 11.7 Å². The van der Waals surface area contributed by atoms with Crippen molar-refractivity contribution >= 4 is 0 Å². The third kappa shape index (κ3) is 2.82. The summed E-state index contributed by atoms with van der Waals surface area (Å²) in [6.45, 7) is 4.08. The Labute approximate surface area is 98.3 Å². The topological polar surface area (TPSA) is 38.9 Å². The normalized spacial score (nSPS) is 18.9. The lowest BCUT2D eigenvalue weighted by Gasteiger charge is -2.17. The lowest BCUT2D eigenvalue weighted by Crippen LogP contribution is -2.14. The predicted octanol–water partition coefficient (Wildman–Crippen LogP) is 3.28. The van der Waals surface area contributed by atoms with Crippen LogP contribution in [0.3, 0.4) is 0 Å². The van der Waals surface area contributed by atoms with Gasteiger partial charge in [0.1, 0.15) is 0 Å². The van der Waals surface area contributed by atoms with Crippen molar-refractivity contribution in [2.45, 2.75) is 52.0 Å². The molecule has 2 heteroatoms. The Morgan fingerprint density at radius 2 is 1.81 bits per heavy atom. The summed E-state index contributed by atoms with van der Waals surface area (Å²) in [6.07, 6.45) is 6.67. The van der Waals surface area contributed by atoms with Gasteiger partial charge in [0, 0.05) is 17.4 Å². The molecule has 1 saturated carbocycles. The zero-order valence-electron chi connectivity index (χ0n) is 10.4. The summed E-state index contributed by atoms with van der Waals surface area (Å²) < 4.78 is 0. The molecule has 0 saturated heterocycles. The van der Waals surface area contributed by atoms with Gasteiger partial charge in [0.2, 0.25) is 0 Å². The van der Waals surface area contributed by atoms with Crippen molar-refractivity contribution in [2.75, 3.05) is 0 Å². The van der Waals surface area contributed by atoms with Gasteiger partial charge in [0.15, 0.2) is 0 Å². The van der Waals surface area contributed by atoms with E-state index in [1.165, 1.54) is 31.2 Å². The Balaban J connectivity index is 2.04. The van der Waals surface area contributed by atoms with Gasteiger partial charge in [-0.1, -0.05) is 25.7 Å². The summed E-state index contributed by atoms with van der Waals surface area (Å²) in [6, 6.07) is 4.46. The van der Waals surface area contributed by atoms with Crippen molar-refractivity contribution in [3.63, 3.8) is 0 Å². The van der Waals surface area contributed by atoms with E-state index >= 15 is 0 Å².